The maximum absolute atomic E-state index is 11.4. The number of benzene rings is 1. The summed E-state index contributed by atoms with van der Waals surface area (Å²) in [7, 11) is 1.62. The first-order valence-electron chi connectivity index (χ1n) is 5.71. The molecular weight excluding hydrogens is 298 g/mol. The molecule has 1 N–H and O–H groups in total. The van der Waals surface area contributed by atoms with E-state index in [0.717, 1.165) is 15.8 Å². The van der Waals surface area contributed by atoms with Crippen LogP contribution in [0, 0.1) is 5.41 Å². The highest BCUT2D eigenvalue weighted by Crippen LogP contribution is 2.38. The molecule has 0 unspecified atom stereocenters. The number of alkyl carbamates (subject to hydrolysis) is 1. The number of halogens is 1. The van der Waals surface area contributed by atoms with Gasteiger partial charge in [0, 0.05) is 5.41 Å². The standard InChI is InChI=1S/C13H16BrNO3/c1-13(2)7-18-12(16)15-11(13)8-4-5-10(17-3)9(14)6-8/h4-6,11H,7H2,1-3H3,(H,15,16)/t11-/m0/s1. The van der Waals surface area contributed by atoms with Crippen LogP contribution in [-0.4, -0.2) is 19.8 Å². The Hall–Kier alpha value is -1.23. The van der Waals surface area contributed by atoms with E-state index in [1.165, 1.54) is 0 Å². The third-order valence-corrected chi connectivity index (χ3v) is 3.75. The average Bonchev–Trinajstić information content (AvgIpc) is 2.32. The number of hydrogen-bond donors (Lipinski definition) is 1. The molecule has 2 rings (SSSR count). The lowest BCUT2D eigenvalue weighted by atomic mass is 9.80. The second-order valence-corrected chi connectivity index (χ2v) is 5.89. The van der Waals surface area contributed by atoms with E-state index in [4.69, 9.17) is 9.47 Å². The minimum Gasteiger partial charge on any atom is -0.496 e. The first kappa shape index (κ1) is 13.2. The van der Waals surface area contributed by atoms with Crippen molar-refractivity contribution in [2.75, 3.05) is 13.7 Å². The number of hydrogen-bond acceptors (Lipinski definition) is 3. The Labute approximate surface area is 115 Å². The maximum Gasteiger partial charge on any atom is 0.407 e. The second kappa shape index (κ2) is 4.80. The third-order valence-electron chi connectivity index (χ3n) is 3.13. The van der Waals surface area contributed by atoms with Crippen LogP contribution in [0.4, 0.5) is 4.79 Å². The van der Waals surface area contributed by atoms with Gasteiger partial charge in [-0.2, -0.15) is 0 Å². The molecule has 1 saturated heterocycles. The molecule has 0 spiro atoms. The van der Waals surface area contributed by atoms with Crippen molar-refractivity contribution in [1.82, 2.24) is 5.32 Å². The highest BCUT2D eigenvalue weighted by Gasteiger charge is 2.37. The van der Waals surface area contributed by atoms with Crippen LogP contribution in [0.3, 0.4) is 0 Å². The maximum atomic E-state index is 11.4. The fourth-order valence-corrected chi connectivity index (χ4v) is 2.64. The molecule has 1 heterocycles. The zero-order valence-corrected chi connectivity index (χ0v) is 12.2. The minimum absolute atomic E-state index is 0.0686. The van der Waals surface area contributed by atoms with Crippen LogP contribution in [0.2, 0.25) is 0 Å². The topological polar surface area (TPSA) is 47.6 Å². The Morgan fingerprint density at radius 1 is 1.50 bits per heavy atom. The Morgan fingerprint density at radius 2 is 2.22 bits per heavy atom. The summed E-state index contributed by atoms with van der Waals surface area (Å²) in [5.41, 5.74) is 0.881. The molecule has 1 aliphatic heterocycles. The lowest BCUT2D eigenvalue weighted by Gasteiger charge is -2.38. The van der Waals surface area contributed by atoms with Crippen molar-refractivity contribution in [3.63, 3.8) is 0 Å². The molecule has 5 heteroatoms. The van der Waals surface area contributed by atoms with E-state index in [1.807, 2.05) is 18.2 Å². The summed E-state index contributed by atoms with van der Waals surface area (Å²) < 4.78 is 11.1. The van der Waals surface area contributed by atoms with E-state index < -0.39 is 0 Å². The van der Waals surface area contributed by atoms with Gasteiger partial charge in [0.2, 0.25) is 0 Å². The van der Waals surface area contributed by atoms with E-state index in [0.29, 0.717) is 6.61 Å². The molecule has 4 nitrogen and oxygen atoms in total. The van der Waals surface area contributed by atoms with Gasteiger partial charge in [0.25, 0.3) is 0 Å². The molecule has 1 aliphatic rings. The van der Waals surface area contributed by atoms with Crippen LogP contribution in [-0.2, 0) is 4.74 Å². The van der Waals surface area contributed by atoms with Crippen molar-refractivity contribution in [2.24, 2.45) is 5.41 Å². The molecule has 1 aromatic rings. The third kappa shape index (κ3) is 2.46. The normalized spacial score (nSPS) is 22.0. The molecule has 1 amide bonds. The van der Waals surface area contributed by atoms with E-state index in [9.17, 15) is 4.79 Å². The van der Waals surface area contributed by atoms with Crippen LogP contribution in [0.1, 0.15) is 25.5 Å². The molecule has 0 radical (unpaired) electrons. The van der Waals surface area contributed by atoms with Crippen LogP contribution >= 0.6 is 15.9 Å². The molecule has 98 valence electrons. The highest BCUT2D eigenvalue weighted by molar-refractivity contribution is 9.10. The summed E-state index contributed by atoms with van der Waals surface area (Å²) >= 11 is 3.46. The van der Waals surface area contributed by atoms with Crippen molar-refractivity contribution < 1.29 is 14.3 Å². The zero-order chi connectivity index (χ0) is 13.3. The SMILES string of the molecule is COc1ccc([C@@H]2NC(=O)OCC2(C)C)cc1Br. The van der Waals surface area contributed by atoms with Crippen LogP contribution in [0.15, 0.2) is 22.7 Å². The molecule has 0 saturated carbocycles. The predicted octanol–water partition coefficient (Wildman–Crippen LogP) is 3.26. The van der Waals surface area contributed by atoms with Gasteiger partial charge in [0.05, 0.1) is 17.6 Å². The summed E-state index contributed by atoms with van der Waals surface area (Å²) in [6.45, 7) is 4.54. The number of ether oxygens (including phenoxy) is 2. The van der Waals surface area contributed by atoms with Crippen molar-refractivity contribution >= 4 is 22.0 Å². The summed E-state index contributed by atoms with van der Waals surface area (Å²) in [6, 6.07) is 5.75. The number of cyclic esters (lactones) is 1. The summed E-state index contributed by atoms with van der Waals surface area (Å²) in [4.78, 5) is 11.4. The number of carbonyl (C=O) groups is 1. The minimum atomic E-state index is -0.369. The van der Waals surface area contributed by atoms with Gasteiger partial charge in [-0.15, -0.1) is 0 Å². The Balaban J connectivity index is 2.34. The van der Waals surface area contributed by atoms with Crippen LogP contribution < -0.4 is 10.1 Å². The summed E-state index contributed by atoms with van der Waals surface area (Å²) in [5, 5.41) is 2.86. The van der Waals surface area contributed by atoms with Gasteiger partial charge in [0.1, 0.15) is 12.4 Å². The predicted molar refractivity (Wildman–Crippen MR) is 71.7 cm³/mol. The lowest BCUT2D eigenvalue weighted by Crippen LogP contribution is -2.46. The van der Waals surface area contributed by atoms with Gasteiger partial charge in [-0.25, -0.2) is 4.79 Å². The van der Waals surface area contributed by atoms with Gasteiger partial charge in [-0.3, -0.25) is 0 Å². The molecular formula is C13H16BrNO3. The van der Waals surface area contributed by atoms with E-state index in [1.54, 1.807) is 7.11 Å². The van der Waals surface area contributed by atoms with Crippen molar-refractivity contribution in [1.29, 1.82) is 0 Å². The van der Waals surface area contributed by atoms with Crippen molar-refractivity contribution in [2.45, 2.75) is 19.9 Å². The smallest absolute Gasteiger partial charge is 0.407 e. The molecule has 1 atom stereocenters. The fraction of sp³-hybridized carbons (Fsp3) is 0.462. The summed E-state index contributed by atoms with van der Waals surface area (Å²) in [6.07, 6.45) is -0.369. The molecule has 0 aliphatic carbocycles. The Morgan fingerprint density at radius 3 is 2.83 bits per heavy atom. The van der Waals surface area contributed by atoms with Crippen molar-refractivity contribution in [3.05, 3.63) is 28.2 Å². The zero-order valence-electron chi connectivity index (χ0n) is 10.6. The quantitative estimate of drug-likeness (QED) is 0.911. The molecule has 1 fully saturated rings. The molecule has 0 bridgehead atoms. The fourth-order valence-electron chi connectivity index (χ4n) is 2.09. The average molecular weight is 314 g/mol. The van der Waals surface area contributed by atoms with Gasteiger partial charge < -0.3 is 14.8 Å². The van der Waals surface area contributed by atoms with Crippen molar-refractivity contribution in [3.8, 4) is 5.75 Å². The van der Waals surface area contributed by atoms with Crippen LogP contribution in [0.5, 0.6) is 5.75 Å². The van der Waals surface area contributed by atoms with E-state index in [2.05, 4.69) is 35.1 Å². The lowest BCUT2D eigenvalue weighted by molar-refractivity contribution is 0.0387. The summed E-state index contributed by atoms with van der Waals surface area (Å²) in [5.74, 6) is 0.773. The monoisotopic (exact) mass is 313 g/mol. The first-order valence-corrected chi connectivity index (χ1v) is 6.50. The first-order chi connectivity index (χ1) is 8.44. The van der Waals surface area contributed by atoms with E-state index in [-0.39, 0.29) is 17.6 Å². The number of methoxy groups -OCH3 is 1. The van der Waals surface area contributed by atoms with Gasteiger partial charge >= 0.3 is 6.09 Å². The molecule has 18 heavy (non-hydrogen) atoms. The molecule has 0 aromatic heterocycles. The Bertz CT molecular complexity index is 473. The number of carbonyl (C=O) groups excluding carboxylic acids is 1. The van der Waals surface area contributed by atoms with Crippen LogP contribution in [0.25, 0.3) is 0 Å². The number of nitrogens with one attached hydrogen (secondary N) is 1. The molecule has 1 aromatic carbocycles. The Kier molecular flexibility index (Phi) is 3.52. The van der Waals surface area contributed by atoms with Gasteiger partial charge in [-0.05, 0) is 33.6 Å². The van der Waals surface area contributed by atoms with Gasteiger partial charge in [-0.1, -0.05) is 19.9 Å². The highest BCUT2D eigenvalue weighted by atomic mass is 79.9. The number of rotatable bonds is 2. The largest absolute Gasteiger partial charge is 0.496 e. The second-order valence-electron chi connectivity index (χ2n) is 5.04. The number of amides is 1. The van der Waals surface area contributed by atoms with E-state index >= 15 is 0 Å². The van der Waals surface area contributed by atoms with Gasteiger partial charge in [0.15, 0.2) is 0 Å².